The summed E-state index contributed by atoms with van der Waals surface area (Å²) < 4.78 is 26.9. The second-order valence-electron chi connectivity index (χ2n) is 6.57. The predicted molar refractivity (Wildman–Crippen MR) is 110 cm³/mol. The van der Waals surface area contributed by atoms with Crippen molar-refractivity contribution in [2.45, 2.75) is 37.1 Å². The Kier molecular flexibility index (Phi) is 6.87. The van der Waals surface area contributed by atoms with E-state index in [2.05, 4.69) is 21.8 Å². The van der Waals surface area contributed by atoms with E-state index in [9.17, 15) is 8.42 Å². The first-order chi connectivity index (χ1) is 13.1. The van der Waals surface area contributed by atoms with E-state index in [-0.39, 0.29) is 0 Å². The van der Waals surface area contributed by atoms with Crippen LogP contribution in [0, 0.1) is 0 Å². The molecule has 0 radical (unpaired) electrons. The highest BCUT2D eigenvalue weighted by atomic mass is 32.2. The van der Waals surface area contributed by atoms with Gasteiger partial charge in [0, 0.05) is 24.5 Å². The molecule has 1 saturated heterocycles. The largest absolute Gasteiger partial charge is 0.370 e. The third-order valence-corrected chi connectivity index (χ3v) is 7.41. The molecule has 3 N–H and O–H groups in total. The van der Waals surface area contributed by atoms with Crippen LogP contribution in [0.15, 0.2) is 51.7 Å². The highest BCUT2D eigenvalue weighted by molar-refractivity contribution is 7.89. The van der Waals surface area contributed by atoms with Gasteiger partial charge in [0.1, 0.15) is 0 Å². The molecule has 146 valence electrons. The summed E-state index contributed by atoms with van der Waals surface area (Å²) in [5.41, 5.74) is 6.82. The van der Waals surface area contributed by atoms with Crippen LogP contribution in [0.4, 0.5) is 0 Å². The number of aliphatic imine (C=N–C) groups is 1. The monoisotopic (exact) mass is 406 g/mol. The van der Waals surface area contributed by atoms with Gasteiger partial charge in [0.2, 0.25) is 10.0 Å². The van der Waals surface area contributed by atoms with Crippen molar-refractivity contribution in [1.29, 1.82) is 0 Å². The molecule has 0 amide bonds. The number of nitrogens with zero attached hydrogens (tertiary/aromatic N) is 2. The van der Waals surface area contributed by atoms with Gasteiger partial charge in [-0.05, 0) is 48.4 Å². The van der Waals surface area contributed by atoms with E-state index in [1.165, 1.54) is 4.88 Å². The first-order valence-electron chi connectivity index (χ1n) is 9.21. The van der Waals surface area contributed by atoms with Crippen LogP contribution in [0.3, 0.4) is 0 Å². The van der Waals surface area contributed by atoms with Crippen LogP contribution in [-0.2, 0) is 23.0 Å². The Morgan fingerprint density at radius 2 is 1.89 bits per heavy atom. The van der Waals surface area contributed by atoms with Gasteiger partial charge in [-0.25, -0.2) is 13.4 Å². The Bertz CT molecular complexity index is 840. The molecule has 8 heteroatoms. The van der Waals surface area contributed by atoms with E-state index >= 15 is 0 Å². The fourth-order valence-corrected chi connectivity index (χ4v) is 5.25. The first kappa shape index (κ1) is 19.9. The molecule has 1 fully saturated rings. The minimum absolute atomic E-state index is 0.346. The van der Waals surface area contributed by atoms with Gasteiger partial charge in [0.25, 0.3) is 0 Å². The molecule has 3 rings (SSSR count). The van der Waals surface area contributed by atoms with E-state index in [0.717, 1.165) is 37.8 Å². The number of guanidine groups is 1. The Hall–Kier alpha value is -1.90. The van der Waals surface area contributed by atoms with Crippen molar-refractivity contribution >= 4 is 27.3 Å². The van der Waals surface area contributed by atoms with Gasteiger partial charge < -0.3 is 11.1 Å². The lowest BCUT2D eigenvalue weighted by Gasteiger charge is -2.25. The van der Waals surface area contributed by atoms with Gasteiger partial charge in [-0.3, -0.25) is 0 Å². The second kappa shape index (κ2) is 9.34. The number of nitrogens with two attached hydrogens (primary N) is 1. The number of hydrogen-bond acceptors (Lipinski definition) is 4. The van der Waals surface area contributed by atoms with Crippen molar-refractivity contribution in [2.24, 2.45) is 10.7 Å². The molecule has 0 saturated carbocycles. The second-order valence-corrected chi connectivity index (χ2v) is 9.54. The van der Waals surface area contributed by atoms with Gasteiger partial charge in [-0.1, -0.05) is 24.6 Å². The minimum atomic E-state index is -3.38. The maximum atomic E-state index is 12.6. The summed E-state index contributed by atoms with van der Waals surface area (Å²) in [5.74, 6) is 0.400. The lowest BCUT2D eigenvalue weighted by molar-refractivity contribution is 0.346. The van der Waals surface area contributed by atoms with Gasteiger partial charge in [0.15, 0.2) is 5.96 Å². The SMILES string of the molecule is NC(=NCc1ccc(S(=O)(=O)N2CCCCC2)cc1)NCCc1cccs1. The summed E-state index contributed by atoms with van der Waals surface area (Å²) >= 11 is 1.73. The van der Waals surface area contributed by atoms with E-state index < -0.39 is 10.0 Å². The number of rotatable bonds is 7. The van der Waals surface area contributed by atoms with Crippen LogP contribution in [0.25, 0.3) is 0 Å². The Balaban J connectivity index is 1.52. The number of sulfonamides is 1. The van der Waals surface area contributed by atoms with Crippen LogP contribution >= 0.6 is 11.3 Å². The molecule has 1 aliphatic rings. The van der Waals surface area contributed by atoms with Crippen LogP contribution in [-0.4, -0.2) is 38.3 Å². The predicted octanol–water partition coefficient (Wildman–Crippen LogP) is 2.57. The molecular formula is C19H26N4O2S2. The van der Waals surface area contributed by atoms with Crippen molar-refractivity contribution in [1.82, 2.24) is 9.62 Å². The highest BCUT2D eigenvalue weighted by Crippen LogP contribution is 2.21. The van der Waals surface area contributed by atoms with Gasteiger partial charge in [0.05, 0.1) is 11.4 Å². The molecule has 0 aliphatic carbocycles. The van der Waals surface area contributed by atoms with Crippen LogP contribution in [0.5, 0.6) is 0 Å². The Labute approximate surface area is 165 Å². The average molecular weight is 407 g/mol. The summed E-state index contributed by atoms with van der Waals surface area (Å²) in [6, 6.07) is 11.1. The third kappa shape index (κ3) is 5.54. The van der Waals surface area contributed by atoms with Crippen molar-refractivity contribution in [2.75, 3.05) is 19.6 Å². The molecule has 0 spiro atoms. The van der Waals surface area contributed by atoms with Gasteiger partial charge >= 0.3 is 0 Å². The molecular weight excluding hydrogens is 380 g/mol. The van der Waals surface area contributed by atoms with Gasteiger partial charge in [-0.2, -0.15) is 4.31 Å². The highest BCUT2D eigenvalue weighted by Gasteiger charge is 2.25. The summed E-state index contributed by atoms with van der Waals surface area (Å²) in [4.78, 5) is 5.97. The Morgan fingerprint density at radius 3 is 2.56 bits per heavy atom. The molecule has 1 aromatic carbocycles. The normalized spacial score (nSPS) is 16.4. The van der Waals surface area contributed by atoms with Crippen LogP contribution in [0.1, 0.15) is 29.7 Å². The first-order valence-corrected chi connectivity index (χ1v) is 11.5. The maximum Gasteiger partial charge on any atom is 0.243 e. The standard InChI is InChI=1S/C19H26N4O2S2/c20-19(21-11-10-17-5-4-14-26-17)22-15-16-6-8-18(9-7-16)27(24,25)23-12-2-1-3-13-23/h4-9,14H,1-3,10-13,15H2,(H3,20,21,22). The summed E-state index contributed by atoms with van der Waals surface area (Å²) in [7, 11) is -3.38. The van der Waals surface area contributed by atoms with Crippen molar-refractivity contribution in [3.05, 3.63) is 52.2 Å². The molecule has 1 aliphatic heterocycles. The number of hydrogen-bond donors (Lipinski definition) is 2. The van der Waals surface area contributed by atoms with E-state index in [0.29, 0.717) is 30.5 Å². The van der Waals surface area contributed by atoms with Crippen molar-refractivity contribution in [3.8, 4) is 0 Å². The van der Waals surface area contributed by atoms with E-state index in [1.54, 1.807) is 39.9 Å². The van der Waals surface area contributed by atoms with Crippen molar-refractivity contribution in [3.63, 3.8) is 0 Å². The fourth-order valence-electron chi connectivity index (χ4n) is 3.02. The zero-order valence-electron chi connectivity index (χ0n) is 15.3. The number of nitrogens with one attached hydrogen (secondary N) is 1. The van der Waals surface area contributed by atoms with E-state index in [1.807, 2.05) is 6.07 Å². The lowest BCUT2D eigenvalue weighted by Crippen LogP contribution is -2.35. The molecule has 27 heavy (non-hydrogen) atoms. The zero-order valence-corrected chi connectivity index (χ0v) is 16.9. The fraction of sp³-hybridized carbons (Fsp3) is 0.421. The molecule has 0 bridgehead atoms. The lowest BCUT2D eigenvalue weighted by atomic mass is 10.2. The quantitative estimate of drug-likeness (QED) is 0.546. The molecule has 2 heterocycles. The molecule has 0 unspecified atom stereocenters. The number of benzene rings is 1. The van der Waals surface area contributed by atoms with E-state index in [4.69, 9.17) is 5.73 Å². The average Bonchev–Trinajstić information content (AvgIpc) is 3.21. The van der Waals surface area contributed by atoms with Crippen LogP contribution < -0.4 is 11.1 Å². The molecule has 2 aromatic rings. The van der Waals surface area contributed by atoms with Crippen LogP contribution in [0.2, 0.25) is 0 Å². The summed E-state index contributed by atoms with van der Waals surface area (Å²) in [6.45, 7) is 2.38. The Morgan fingerprint density at radius 1 is 1.15 bits per heavy atom. The molecule has 0 atom stereocenters. The maximum absolute atomic E-state index is 12.6. The van der Waals surface area contributed by atoms with Crippen molar-refractivity contribution < 1.29 is 8.42 Å². The number of thiophene rings is 1. The number of piperidine rings is 1. The summed E-state index contributed by atoms with van der Waals surface area (Å²) in [6.07, 6.45) is 3.89. The van der Waals surface area contributed by atoms with Gasteiger partial charge in [-0.15, -0.1) is 11.3 Å². The molecule has 6 nitrogen and oxygen atoms in total. The third-order valence-electron chi connectivity index (χ3n) is 4.57. The summed E-state index contributed by atoms with van der Waals surface area (Å²) in [5, 5.41) is 5.16. The smallest absolute Gasteiger partial charge is 0.243 e. The molecule has 1 aromatic heterocycles. The zero-order chi connectivity index (χ0) is 19.1. The topological polar surface area (TPSA) is 87.8 Å². The minimum Gasteiger partial charge on any atom is -0.370 e.